The zero-order chi connectivity index (χ0) is 20.5. The van der Waals surface area contributed by atoms with Gasteiger partial charge in [-0.25, -0.2) is 0 Å². The summed E-state index contributed by atoms with van der Waals surface area (Å²) in [7, 11) is 0. The molecule has 1 saturated carbocycles. The molecule has 1 fully saturated rings. The third kappa shape index (κ3) is 6.46. The predicted molar refractivity (Wildman–Crippen MR) is 128 cm³/mol. The van der Waals surface area contributed by atoms with Crippen LogP contribution < -0.4 is 0 Å². The maximum Gasteiger partial charge on any atom is -0.0162 e. The molecule has 29 heavy (non-hydrogen) atoms. The minimum atomic E-state index is 0.786. The second kappa shape index (κ2) is 11.6. The summed E-state index contributed by atoms with van der Waals surface area (Å²) >= 11 is 0. The molecule has 1 aliphatic rings. The molecule has 0 amide bonds. The van der Waals surface area contributed by atoms with Crippen LogP contribution in [0.15, 0.2) is 48.5 Å². The first-order chi connectivity index (χ1) is 14.2. The summed E-state index contributed by atoms with van der Waals surface area (Å²) in [6, 6.07) is 18.8. The third-order valence-electron chi connectivity index (χ3n) is 7.28. The number of rotatable bonds is 10. The second-order valence-electron chi connectivity index (χ2n) is 9.45. The molecule has 0 aliphatic heterocycles. The van der Waals surface area contributed by atoms with Crippen LogP contribution in [0.4, 0.5) is 0 Å². The molecule has 0 aromatic heterocycles. The highest BCUT2D eigenvalue weighted by atomic mass is 14.3. The first-order valence-electron chi connectivity index (χ1n) is 12.4. The van der Waals surface area contributed by atoms with E-state index < -0.39 is 0 Å². The van der Waals surface area contributed by atoms with Crippen molar-refractivity contribution in [1.29, 1.82) is 0 Å². The van der Waals surface area contributed by atoms with E-state index in [9.17, 15) is 0 Å². The van der Waals surface area contributed by atoms with Crippen LogP contribution in [-0.2, 0) is 6.42 Å². The van der Waals surface area contributed by atoms with Gasteiger partial charge in [0.25, 0.3) is 0 Å². The predicted octanol–water partition coefficient (Wildman–Crippen LogP) is 9.19. The van der Waals surface area contributed by atoms with Crippen molar-refractivity contribution in [2.45, 2.75) is 97.3 Å². The Morgan fingerprint density at radius 3 is 1.93 bits per heavy atom. The third-order valence-corrected chi connectivity index (χ3v) is 7.28. The van der Waals surface area contributed by atoms with Crippen molar-refractivity contribution >= 4 is 0 Å². The van der Waals surface area contributed by atoms with Gasteiger partial charge in [0.1, 0.15) is 0 Å². The summed E-state index contributed by atoms with van der Waals surface area (Å²) in [5, 5.41) is 0. The van der Waals surface area contributed by atoms with Gasteiger partial charge in [0.05, 0.1) is 0 Å². The van der Waals surface area contributed by atoms with Gasteiger partial charge in [-0.15, -0.1) is 0 Å². The van der Waals surface area contributed by atoms with Crippen molar-refractivity contribution in [2.24, 2.45) is 11.8 Å². The molecular weight excluding hydrogens is 348 g/mol. The summed E-state index contributed by atoms with van der Waals surface area (Å²) in [6.45, 7) is 6.96. The van der Waals surface area contributed by atoms with Crippen molar-refractivity contribution in [2.75, 3.05) is 0 Å². The van der Waals surface area contributed by atoms with Gasteiger partial charge >= 0.3 is 0 Å². The van der Waals surface area contributed by atoms with Gasteiger partial charge in [0, 0.05) is 0 Å². The second-order valence-corrected chi connectivity index (χ2v) is 9.45. The molecule has 2 aromatic carbocycles. The Labute approximate surface area is 180 Å². The topological polar surface area (TPSA) is 0 Å². The summed E-state index contributed by atoms with van der Waals surface area (Å²) in [5.41, 5.74) is 5.77. The van der Waals surface area contributed by atoms with Gasteiger partial charge < -0.3 is 0 Å². The number of hydrogen-bond donors (Lipinski definition) is 0. The van der Waals surface area contributed by atoms with Crippen LogP contribution in [0.25, 0.3) is 11.1 Å². The molecule has 2 aromatic rings. The van der Waals surface area contributed by atoms with Crippen LogP contribution in [0.1, 0.15) is 102 Å². The highest BCUT2D eigenvalue weighted by Crippen LogP contribution is 2.38. The smallest absolute Gasteiger partial charge is 0.0162 e. The summed E-state index contributed by atoms with van der Waals surface area (Å²) < 4.78 is 0. The minimum absolute atomic E-state index is 0.786. The SMILES string of the molecule is CCCCC(CC)Cc1ccc(-c2ccc(C3CCC(CCC)CC3)cc2)cc1. The number of benzene rings is 2. The quantitative estimate of drug-likeness (QED) is 0.379. The molecule has 0 N–H and O–H groups in total. The summed E-state index contributed by atoms with van der Waals surface area (Å²) in [6.07, 6.45) is 15.0. The minimum Gasteiger partial charge on any atom is -0.0654 e. The molecule has 1 unspecified atom stereocenters. The molecule has 0 heterocycles. The first-order valence-corrected chi connectivity index (χ1v) is 12.4. The summed E-state index contributed by atoms with van der Waals surface area (Å²) in [5.74, 6) is 2.62. The molecule has 0 spiro atoms. The van der Waals surface area contributed by atoms with E-state index in [2.05, 4.69) is 69.3 Å². The normalized spacial score (nSPS) is 20.5. The van der Waals surface area contributed by atoms with Gasteiger partial charge in [-0.1, -0.05) is 108 Å². The Morgan fingerprint density at radius 2 is 1.38 bits per heavy atom. The molecule has 3 rings (SSSR count). The molecule has 0 nitrogen and oxygen atoms in total. The van der Waals surface area contributed by atoms with E-state index >= 15 is 0 Å². The zero-order valence-corrected chi connectivity index (χ0v) is 19.1. The monoisotopic (exact) mass is 390 g/mol. The van der Waals surface area contributed by atoms with E-state index in [4.69, 9.17) is 0 Å². The van der Waals surface area contributed by atoms with E-state index in [-0.39, 0.29) is 0 Å². The van der Waals surface area contributed by atoms with Crippen molar-refractivity contribution in [3.8, 4) is 11.1 Å². The Morgan fingerprint density at radius 1 is 0.759 bits per heavy atom. The van der Waals surface area contributed by atoms with Crippen molar-refractivity contribution in [1.82, 2.24) is 0 Å². The van der Waals surface area contributed by atoms with Gasteiger partial charge in [-0.2, -0.15) is 0 Å². The lowest BCUT2D eigenvalue weighted by molar-refractivity contribution is 0.308. The van der Waals surface area contributed by atoms with Gasteiger partial charge in [0.15, 0.2) is 0 Å². The van der Waals surface area contributed by atoms with E-state index in [1.807, 2.05) is 0 Å². The fourth-order valence-electron chi connectivity index (χ4n) is 5.25. The molecule has 0 saturated heterocycles. The average molecular weight is 391 g/mol. The molecule has 0 radical (unpaired) electrons. The maximum atomic E-state index is 2.39. The average Bonchev–Trinajstić information content (AvgIpc) is 2.78. The Hall–Kier alpha value is -1.56. The zero-order valence-electron chi connectivity index (χ0n) is 19.1. The molecule has 158 valence electrons. The molecule has 0 heteroatoms. The van der Waals surface area contributed by atoms with E-state index in [1.165, 1.54) is 87.3 Å². The van der Waals surface area contributed by atoms with Gasteiger partial charge in [0.2, 0.25) is 0 Å². The molecule has 0 bridgehead atoms. The van der Waals surface area contributed by atoms with E-state index in [0.29, 0.717) is 0 Å². The lowest BCUT2D eigenvalue weighted by Crippen LogP contribution is -2.13. The van der Waals surface area contributed by atoms with Crippen LogP contribution in [0, 0.1) is 11.8 Å². The Kier molecular flexibility index (Phi) is 8.84. The first kappa shape index (κ1) is 22.1. The highest BCUT2D eigenvalue weighted by Gasteiger charge is 2.21. The van der Waals surface area contributed by atoms with Crippen molar-refractivity contribution in [3.05, 3.63) is 59.7 Å². The lowest BCUT2D eigenvalue weighted by atomic mass is 9.77. The van der Waals surface area contributed by atoms with E-state index in [1.54, 1.807) is 5.56 Å². The largest absolute Gasteiger partial charge is 0.0654 e. The Bertz CT molecular complexity index is 686. The fourth-order valence-corrected chi connectivity index (χ4v) is 5.25. The van der Waals surface area contributed by atoms with Crippen LogP contribution in [-0.4, -0.2) is 0 Å². The summed E-state index contributed by atoms with van der Waals surface area (Å²) in [4.78, 5) is 0. The number of hydrogen-bond acceptors (Lipinski definition) is 0. The van der Waals surface area contributed by atoms with Crippen LogP contribution in [0.2, 0.25) is 0 Å². The molecule has 1 atom stereocenters. The fraction of sp³-hybridized carbons (Fsp3) is 0.586. The van der Waals surface area contributed by atoms with Crippen LogP contribution >= 0.6 is 0 Å². The highest BCUT2D eigenvalue weighted by molar-refractivity contribution is 5.64. The lowest BCUT2D eigenvalue weighted by Gasteiger charge is -2.28. The van der Waals surface area contributed by atoms with Crippen molar-refractivity contribution in [3.63, 3.8) is 0 Å². The number of unbranched alkanes of at least 4 members (excludes halogenated alkanes) is 1. The van der Waals surface area contributed by atoms with Crippen molar-refractivity contribution < 1.29 is 0 Å². The molecular formula is C29H42. The van der Waals surface area contributed by atoms with Crippen LogP contribution in [0.3, 0.4) is 0 Å². The molecule has 1 aliphatic carbocycles. The van der Waals surface area contributed by atoms with Gasteiger partial charge in [-0.05, 0) is 72.1 Å². The standard InChI is InChI=1S/C29H42/c1-4-7-9-23(6-3)22-25-12-16-27(17-13-25)29-20-18-28(19-21-29)26-14-10-24(8-5-2)11-15-26/h12-13,16-21,23-24,26H,4-11,14-15,22H2,1-3H3. The Balaban J connectivity index is 1.57. The van der Waals surface area contributed by atoms with Crippen LogP contribution in [0.5, 0.6) is 0 Å². The van der Waals surface area contributed by atoms with Gasteiger partial charge in [-0.3, -0.25) is 0 Å². The maximum absolute atomic E-state index is 2.39. The van der Waals surface area contributed by atoms with E-state index in [0.717, 1.165) is 17.8 Å².